The number of carbonyl (C=O) groups excluding carboxylic acids is 2. The first-order chi connectivity index (χ1) is 9.88. The molecule has 5 N–H and O–H groups in total. The standard InChI is InChI=1S/C15H14FN3O2/c1-8-6-9(14(18)20)2-5-13(8)19-15(21)11-4-3-10(17)7-12(11)16/h2-7H,17H2,1H3,(H2,18,20)(H,19,21). The second kappa shape index (κ2) is 5.62. The fraction of sp³-hybridized carbons (Fsp3) is 0.0667. The molecule has 6 heteroatoms. The largest absolute Gasteiger partial charge is 0.399 e. The third kappa shape index (κ3) is 3.17. The zero-order valence-corrected chi connectivity index (χ0v) is 11.3. The molecule has 0 heterocycles. The molecule has 2 rings (SSSR count). The summed E-state index contributed by atoms with van der Waals surface area (Å²) < 4.78 is 13.7. The van der Waals surface area contributed by atoms with Gasteiger partial charge in [0.2, 0.25) is 5.91 Å². The summed E-state index contributed by atoms with van der Waals surface area (Å²) in [6.07, 6.45) is 0. The van der Waals surface area contributed by atoms with Gasteiger partial charge in [-0.2, -0.15) is 0 Å². The van der Waals surface area contributed by atoms with E-state index in [1.807, 2.05) is 0 Å². The van der Waals surface area contributed by atoms with E-state index in [9.17, 15) is 14.0 Å². The van der Waals surface area contributed by atoms with Crippen molar-refractivity contribution in [3.63, 3.8) is 0 Å². The van der Waals surface area contributed by atoms with Crippen LogP contribution in [0.25, 0.3) is 0 Å². The Balaban J connectivity index is 2.25. The Hall–Kier alpha value is -2.89. The summed E-state index contributed by atoms with van der Waals surface area (Å²) in [6, 6.07) is 8.43. The van der Waals surface area contributed by atoms with E-state index >= 15 is 0 Å². The number of aryl methyl sites for hydroxylation is 1. The first kappa shape index (κ1) is 14.5. The van der Waals surface area contributed by atoms with Crippen LogP contribution < -0.4 is 16.8 Å². The fourth-order valence-electron chi connectivity index (χ4n) is 1.86. The van der Waals surface area contributed by atoms with Crippen LogP contribution in [0.15, 0.2) is 36.4 Å². The van der Waals surface area contributed by atoms with Crippen LogP contribution in [0.5, 0.6) is 0 Å². The molecule has 5 nitrogen and oxygen atoms in total. The summed E-state index contributed by atoms with van der Waals surface area (Å²) in [5.74, 6) is -1.85. The zero-order valence-electron chi connectivity index (χ0n) is 11.3. The van der Waals surface area contributed by atoms with Crippen molar-refractivity contribution in [2.45, 2.75) is 6.92 Å². The van der Waals surface area contributed by atoms with Gasteiger partial charge >= 0.3 is 0 Å². The number of primary amides is 1. The molecule has 0 fully saturated rings. The maximum Gasteiger partial charge on any atom is 0.258 e. The van der Waals surface area contributed by atoms with Crippen molar-refractivity contribution in [2.24, 2.45) is 5.73 Å². The van der Waals surface area contributed by atoms with Crippen molar-refractivity contribution in [1.82, 2.24) is 0 Å². The van der Waals surface area contributed by atoms with E-state index in [4.69, 9.17) is 11.5 Å². The minimum atomic E-state index is -0.695. The molecule has 2 aromatic carbocycles. The van der Waals surface area contributed by atoms with Crippen LogP contribution in [-0.2, 0) is 0 Å². The molecule has 0 aliphatic rings. The molecule has 108 valence electrons. The number of amides is 2. The quantitative estimate of drug-likeness (QED) is 0.753. The minimum Gasteiger partial charge on any atom is -0.399 e. The highest BCUT2D eigenvalue weighted by molar-refractivity contribution is 6.05. The third-order valence-corrected chi connectivity index (χ3v) is 3.00. The van der Waals surface area contributed by atoms with Crippen molar-refractivity contribution in [3.8, 4) is 0 Å². The van der Waals surface area contributed by atoms with Crippen LogP contribution in [0.1, 0.15) is 26.3 Å². The van der Waals surface area contributed by atoms with Gasteiger partial charge in [0.15, 0.2) is 0 Å². The maximum absolute atomic E-state index is 13.7. The molecule has 2 aromatic rings. The highest BCUT2D eigenvalue weighted by atomic mass is 19.1. The molecule has 0 aliphatic carbocycles. The Morgan fingerprint density at radius 1 is 1.14 bits per heavy atom. The lowest BCUT2D eigenvalue weighted by Gasteiger charge is -2.10. The van der Waals surface area contributed by atoms with Crippen molar-refractivity contribution >= 4 is 23.2 Å². The first-order valence-corrected chi connectivity index (χ1v) is 6.15. The molecular formula is C15H14FN3O2. The average Bonchev–Trinajstić information content (AvgIpc) is 2.40. The van der Waals surface area contributed by atoms with E-state index in [2.05, 4.69) is 5.32 Å². The summed E-state index contributed by atoms with van der Waals surface area (Å²) >= 11 is 0. The predicted molar refractivity (Wildman–Crippen MR) is 78.5 cm³/mol. The van der Waals surface area contributed by atoms with Gasteiger partial charge in [-0.25, -0.2) is 4.39 Å². The molecule has 0 atom stereocenters. The first-order valence-electron chi connectivity index (χ1n) is 6.15. The number of hydrogen-bond acceptors (Lipinski definition) is 3. The van der Waals surface area contributed by atoms with Crippen LogP contribution >= 0.6 is 0 Å². The molecule has 0 aromatic heterocycles. The van der Waals surface area contributed by atoms with Gasteiger partial charge in [-0.15, -0.1) is 0 Å². The molecule has 21 heavy (non-hydrogen) atoms. The molecule has 0 bridgehead atoms. The van der Waals surface area contributed by atoms with Crippen molar-refractivity contribution < 1.29 is 14.0 Å². The Morgan fingerprint density at radius 2 is 1.86 bits per heavy atom. The molecule has 2 amide bonds. The number of hydrogen-bond donors (Lipinski definition) is 3. The van der Waals surface area contributed by atoms with Gasteiger partial charge in [0, 0.05) is 16.9 Å². The third-order valence-electron chi connectivity index (χ3n) is 3.00. The molecular weight excluding hydrogens is 273 g/mol. The van der Waals surface area contributed by atoms with E-state index < -0.39 is 17.6 Å². The average molecular weight is 287 g/mol. The highest BCUT2D eigenvalue weighted by Gasteiger charge is 2.13. The molecule has 0 spiro atoms. The van der Waals surface area contributed by atoms with E-state index in [1.54, 1.807) is 19.1 Å². The monoisotopic (exact) mass is 287 g/mol. The van der Waals surface area contributed by atoms with Gasteiger partial charge in [-0.1, -0.05) is 0 Å². The summed E-state index contributed by atoms with van der Waals surface area (Å²) in [5.41, 5.74) is 12.2. The second-order valence-electron chi connectivity index (χ2n) is 4.59. The van der Waals surface area contributed by atoms with Gasteiger partial charge in [-0.3, -0.25) is 9.59 Å². The molecule has 0 unspecified atom stereocenters. The summed E-state index contributed by atoms with van der Waals surface area (Å²) in [5, 5.41) is 2.58. The van der Waals surface area contributed by atoms with Crippen molar-refractivity contribution in [1.29, 1.82) is 0 Å². The lowest BCUT2D eigenvalue weighted by atomic mass is 10.1. The molecule has 0 radical (unpaired) electrons. The van der Waals surface area contributed by atoms with Gasteiger partial charge in [0.1, 0.15) is 5.82 Å². The van der Waals surface area contributed by atoms with Gasteiger partial charge in [0.25, 0.3) is 5.91 Å². The topological polar surface area (TPSA) is 98.2 Å². The Kier molecular flexibility index (Phi) is 3.89. The van der Waals surface area contributed by atoms with Gasteiger partial charge in [0.05, 0.1) is 5.56 Å². The smallest absolute Gasteiger partial charge is 0.258 e. The number of nitrogen functional groups attached to an aromatic ring is 1. The van der Waals surface area contributed by atoms with E-state index in [-0.39, 0.29) is 11.3 Å². The van der Waals surface area contributed by atoms with E-state index in [0.29, 0.717) is 16.8 Å². The number of nitrogens with two attached hydrogens (primary N) is 2. The van der Waals surface area contributed by atoms with E-state index in [0.717, 1.165) is 6.07 Å². The number of benzene rings is 2. The van der Waals surface area contributed by atoms with Crippen LogP contribution in [0.4, 0.5) is 15.8 Å². The Morgan fingerprint density at radius 3 is 2.43 bits per heavy atom. The maximum atomic E-state index is 13.7. The fourth-order valence-corrected chi connectivity index (χ4v) is 1.86. The van der Waals surface area contributed by atoms with Crippen molar-refractivity contribution in [3.05, 3.63) is 58.9 Å². The van der Waals surface area contributed by atoms with Gasteiger partial charge in [-0.05, 0) is 48.9 Å². The number of anilines is 2. The van der Waals surface area contributed by atoms with E-state index in [1.165, 1.54) is 18.2 Å². The Labute approximate surface area is 120 Å². The number of carbonyl (C=O) groups is 2. The SMILES string of the molecule is Cc1cc(C(N)=O)ccc1NC(=O)c1ccc(N)cc1F. The summed E-state index contributed by atoms with van der Waals surface area (Å²) in [7, 11) is 0. The lowest BCUT2D eigenvalue weighted by Crippen LogP contribution is -2.16. The normalized spacial score (nSPS) is 10.2. The number of rotatable bonds is 3. The lowest BCUT2D eigenvalue weighted by molar-refractivity contribution is 0.0997. The highest BCUT2D eigenvalue weighted by Crippen LogP contribution is 2.19. The molecule has 0 saturated heterocycles. The minimum absolute atomic E-state index is 0.109. The van der Waals surface area contributed by atoms with Crippen LogP contribution in [-0.4, -0.2) is 11.8 Å². The number of halogens is 1. The Bertz CT molecular complexity index is 729. The summed E-state index contributed by atoms with van der Waals surface area (Å²) in [6.45, 7) is 1.71. The molecule has 0 saturated carbocycles. The zero-order chi connectivity index (χ0) is 15.6. The van der Waals surface area contributed by atoms with Crippen LogP contribution in [0.3, 0.4) is 0 Å². The van der Waals surface area contributed by atoms with Gasteiger partial charge < -0.3 is 16.8 Å². The molecule has 0 aliphatic heterocycles. The summed E-state index contributed by atoms with van der Waals surface area (Å²) in [4.78, 5) is 23.1. The van der Waals surface area contributed by atoms with Crippen LogP contribution in [0, 0.1) is 12.7 Å². The van der Waals surface area contributed by atoms with Crippen LogP contribution in [0.2, 0.25) is 0 Å². The predicted octanol–water partition coefficient (Wildman–Crippen LogP) is 2.07. The van der Waals surface area contributed by atoms with Crippen molar-refractivity contribution in [2.75, 3.05) is 11.1 Å². The second-order valence-corrected chi connectivity index (χ2v) is 4.59. The number of nitrogens with one attached hydrogen (secondary N) is 1.